The monoisotopic (exact) mass is 440 g/mol. The van der Waals surface area contributed by atoms with Crippen molar-refractivity contribution < 1.29 is 54.7 Å². The fourth-order valence-corrected chi connectivity index (χ4v) is 3.63. The number of rotatable bonds is 12. The molecule has 0 aliphatic carbocycles. The largest absolute Gasteiger partial charge is 0.394 e. The van der Waals surface area contributed by atoms with Crippen LogP contribution < -0.4 is 0 Å². The van der Waals surface area contributed by atoms with Gasteiger partial charge in [0, 0.05) is 6.61 Å². The summed E-state index contributed by atoms with van der Waals surface area (Å²) in [5.41, 5.74) is 0. The van der Waals surface area contributed by atoms with Crippen LogP contribution >= 0.6 is 0 Å². The first-order valence-electron chi connectivity index (χ1n) is 10.5. The zero-order chi connectivity index (χ0) is 22.3. The molecule has 30 heavy (non-hydrogen) atoms. The predicted octanol–water partition coefficient (Wildman–Crippen LogP) is -2.40. The molecule has 2 aliphatic heterocycles. The molecule has 0 radical (unpaired) electrons. The second-order valence-corrected chi connectivity index (χ2v) is 7.87. The third-order valence-electron chi connectivity index (χ3n) is 5.56. The van der Waals surface area contributed by atoms with Gasteiger partial charge in [0.05, 0.1) is 13.2 Å². The molecule has 2 fully saturated rings. The highest BCUT2D eigenvalue weighted by Gasteiger charge is 2.58. The molecule has 0 aromatic heterocycles. The highest BCUT2D eigenvalue weighted by Crippen LogP contribution is 2.36. The van der Waals surface area contributed by atoms with Gasteiger partial charge in [0.15, 0.2) is 6.29 Å². The van der Waals surface area contributed by atoms with Crippen molar-refractivity contribution in [2.24, 2.45) is 0 Å². The second-order valence-electron chi connectivity index (χ2n) is 7.87. The average molecular weight is 440 g/mol. The van der Waals surface area contributed by atoms with E-state index in [1.54, 1.807) is 0 Å². The summed E-state index contributed by atoms with van der Waals surface area (Å²) in [7, 11) is 0. The van der Waals surface area contributed by atoms with E-state index in [1.807, 2.05) is 0 Å². The van der Waals surface area contributed by atoms with Crippen LogP contribution in [0.5, 0.6) is 0 Å². The Bertz CT molecular complexity index is 495. The lowest BCUT2D eigenvalue weighted by Gasteiger charge is -2.43. The molecule has 7 N–H and O–H groups in total. The van der Waals surface area contributed by atoms with Gasteiger partial charge < -0.3 is 54.7 Å². The van der Waals surface area contributed by atoms with Crippen molar-refractivity contribution in [2.45, 2.75) is 93.8 Å². The Morgan fingerprint density at radius 3 is 2.13 bits per heavy atom. The molecule has 0 unspecified atom stereocenters. The zero-order valence-corrected chi connectivity index (χ0v) is 17.2. The number of aliphatic hydroxyl groups is 7. The summed E-state index contributed by atoms with van der Waals surface area (Å²) in [6, 6.07) is 0. The summed E-state index contributed by atoms with van der Waals surface area (Å²) >= 11 is 0. The Labute approximate surface area is 175 Å². The fourth-order valence-electron chi connectivity index (χ4n) is 3.63. The molecule has 0 saturated carbocycles. The van der Waals surface area contributed by atoms with Crippen LogP contribution in [0, 0.1) is 0 Å². The van der Waals surface area contributed by atoms with Crippen molar-refractivity contribution in [1.82, 2.24) is 0 Å². The summed E-state index contributed by atoms with van der Waals surface area (Å²) < 4.78 is 21.7. The Morgan fingerprint density at radius 1 is 0.833 bits per heavy atom. The van der Waals surface area contributed by atoms with Gasteiger partial charge in [-0.25, -0.2) is 0 Å². The number of ether oxygens (including phenoxy) is 4. The first kappa shape index (κ1) is 25.8. The van der Waals surface area contributed by atoms with E-state index in [0.29, 0.717) is 6.61 Å². The molecule has 11 nitrogen and oxygen atoms in total. The maximum atomic E-state index is 10.2. The van der Waals surface area contributed by atoms with E-state index in [9.17, 15) is 35.7 Å². The molecule has 0 aromatic rings. The molecule has 2 heterocycles. The van der Waals surface area contributed by atoms with Crippen LogP contribution in [0.1, 0.15) is 39.0 Å². The second kappa shape index (κ2) is 12.0. The van der Waals surface area contributed by atoms with Crippen molar-refractivity contribution in [3.63, 3.8) is 0 Å². The molecule has 0 spiro atoms. The van der Waals surface area contributed by atoms with E-state index in [2.05, 4.69) is 6.92 Å². The van der Waals surface area contributed by atoms with Gasteiger partial charge in [-0.1, -0.05) is 32.6 Å². The molecular formula is C19H36O11. The third kappa shape index (κ3) is 5.87. The van der Waals surface area contributed by atoms with Crippen LogP contribution in [-0.2, 0) is 18.9 Å². The van der Waals surface area contributed by atoms with Crippen LogP contribution in [0.3, 0.4) is 0 Å². The van der Waals surface area contributed by atoms with E-state index in [4.69, 9.17) is 18.9 Å². The Kier molecular flexibility index (Phi) is 10.3. The van der Waals surface area contributed by atoms with E-state index in [0.717, 1.165) is 32.1 Å². The van der Waals surface area contributed by atoms with E-state index < -0.39 is 68.0 Å². The first-order valence-corrected chi connectivity index (χ1v) is 10.5. The summed E-state index contributed by atoms with van der Waals surface area (Å²) in [6.07, 6.45) is -6.76. The van der Waals surface area contributed by atoms with Gasteiger partial charge in [-0.2, -0.15) is 0 Å². The van der Waals surface area contributed by atoms with Crippen molar-refractivity contribution >= 4 is 0 Å². The molecular weight excluding hydrogens is 404 g/mol. The minimum Gasteiger partial charge on any atom is -0.394 e. The van der Waals surface area contributed by atoms with Gasteiger partial charge >= 0.3 is 0 Å². The smallest absolute Gasteiger partial charge is 0.224 e. The topological polar surface area (TPSA) is 179 Å². The van der Waals surface area contributed by atoms with E-state index in [1.165, 1.54) is 0 Å². The summed E-state index contributed by atoms with van der Waals surface area (Å²) in [6.45, 7) is 0.917. The Balaban J connectivity index is 1.95. The van der Waals surface area contributed by atoms with Gasteiger partial charge in [-0.3, -0.25) is 0 Å². The number of aliphatic hydroxyl groups excluding tert-OH is 7. The molecule has 2 saturated heterocycles. The molecule has 0 amide bonds. The molecule has 178 valence electrons. The number of hydrogen-bond donors (Lipinski definition) is 7. The summed E-state index contributed by atoms with van der Waals surface area (Å²) in [5, 5.41) is 69.7. The maximum absolute atomic E-state index is 10.2. The molecule has 0 aromatic carbocycles. The minimum atomic E-state index is -2.19. The van der Waals surface area contributed by atoms with Crippen LogP contribution in [0.2, 0.25) is 0 Å². The van der Waals surface area contributed by atoms with Crippen LogP contribution in [-0.4, -0.2) is 117 Å². The van der Waals surface area contributed by atoms with Gasteiger partial charge in [0.1, 0.15) is 49.3 Å². The SMILES string of the molecule is CCCCCCCOC[C@H]1O[C@H](O[C@]2(CO)O[C@H](CO)[C@@H](O)[C@@H]2O)[C@H](O)[C@@H](O)[C@@H]1O. The fraction of sp³-hybridized carbons (Fsp3) is 1.00. The Morgan fingerprint density at radius 2 is 1.53 bits per heavy atom. The number of unbranched alkanes of at least 4 members (excludes halogenated alkanes) is 4. The van der Waals surface area contributed by atoms with Crippen LogP contribution in [0.25, 0.3) is 0 Å². The molecule has 2 aliphatic rings. The summed E-state index contributed by atoms with van der Waals surface area (Å²) in [5.74, 6) is -2.19. The highest BCUT2D eigenvalue weighted by atomic mass is 16.8. The van der Waals surface area contributed by atoms with Crippen molar-refractivity contribution in [1.29, 1.82) is 0 Å². The average Bonchev–Trinajstić information content (AvgIpc) is 2.99. The molecule has 2 rings (SSSR count). The lowest BCUT2D eigenvalue weighted by molar-refractivity contribution is -0.384. The quantitative estimate of drug-likeness (QED) is 0.161. The van der Waals surface area contributed by atoms with Crippen molar-refractivity contribution in [3.05, 3.63) is 0 Å². The standard InChI is InChI=1S/C19H36O11/c1-2-3-4-5-6-7-27-9-12-13(22)15(24)16(25)18(28-12)30-19(10-21)17(26)14(23)11(8-20)29-19/h11-18,20-26H,2-10H2,1H3/t11-,12-,13-,14-,15+,16-,17+,18-,19+/m1/s1. The Hall–Kier alpha value is -0.440. The normalized spacial score (nSPS) is 42.0. The maximum Gasteiger partial charge on any atom is 0.224 e. The van der Waals surface area contributed by atoms with Crippen LogP contribution in [0.4, 0.5) is 0 Å². The van der Waals surface area contributed by atoms with Crippen molar-refractivity contribution in [3.8, 4) is 0 Å². The predicted molar refractivity (Wildman–Crippen MR) is 101 cm³/mol. The molecule has 0 bridgehead atoms. The molecule has 9 atom stereocenters. The van der Waals surface area contributed by atoms with Crippen LogP contribution in [0.15, 0.2) is 0 Å². The van der Waals surface area contributed by atoms with Gasteiger partial charge in [0.25, 0.3) is 0 Å². The lowest BCUT2D eigenvalue weighted by Crippen LogP contribution is -2.62. The first-order chi connectivity index (χ1) is 14.3. The van der Waals surface area contributed by atoms with Gasteiger partial charge in [0.2, 0.25) is 5.79 Å². The van der Waals surface area contributed by atoms with Gasteiger partial charge in [-0.15, -0.1) is 0 Å². The third-order valence-corrected chi connectivity index (χ3v) is 5.56. The van der Waals surface area contributed by atoms with Gasteiger partial charge in [-0.05, 0) is 6.42 Å². The summed E-state index contributed by atoms with van der Waals surface area (Å²) in [4.78, 5) is 0. The van der Waals surface area contributed by atoms with Crippen molar-refractivity contribution in [2.75, 3.05) is 26.4 Å². The highest BCUT2D eigenvalue weighted by molar-refractivity contribution is 4.98. The lowest BCUT2D eigenvalue weighted by atomic mass is 9.99. The van der Waals surface area contributed by atoms with E-state index in [-0.39, 0.29) is 6.61 Å². The molecule has 11 heteroatoms. The number of hydrogen-bond acceptors (Lipinski definition) is 11. The van der Waals surface area contributed by atoms with E-state index >= 15 is 0 Å². The minimum absolute atomic E-state index is 0.0734. The zero-order valence-electron chi connectivity index (χ0n) is 17.2.